The Balaban J connectivity index is 0.000000160. The van der Waals surface area contributed by atoms with Crippen molar-refractivity contribution in [3.63, 3.8) is 0 Å². The van der Waals surface area contributed by atoms with E-state index in [9.17, 15) is 4.79 Å². The summed E-state index contributed by atoms with van der Waals surface area (Å²) in [5.41, 5.74) is 2.55. The second-order valence-corrected chi connectivity index (χ2v) is 4.72. The summed E-state index contributed by atoms with van der Waals surface area (Å²) in [6.07, 6.45) is 1.78. The normalized spacial score (nSPS) is 17.1. The van der Waals surface area contributed by atoms with Gasteiger partial charge in [0.2, 0.25) is 0 Å². The van der Waals surface area contributed by atoms with E-state index < -0.39 is 5.97 Å². The molecule has 0 bridgehead atoms. The highest BCUT2D eigenvalue weighted by Gasteiger charge is 2.20. The van der Waals surface area contributed by atoms with Crippen LogP contribution in [0.25, 0.3) is 11.1 Å². The van der Waals surface area contributed by atoms with Crippen LogP contribution in [-0.2, 0) is 4.79 Å². The zero-order valence-corrected chi connectivity index (χ0v) is 11.3. The fraction of sp³-hybridized carbons (Fsp3) is 0.235. The maximum absolute atomic E-state index is 10.1. The van der Waals surface area contributed by atoms with Crippen LogP contribution in [0.2, 0.25) is 0 Å². The molecule has 1 heterocycles. The first-order valence-electron chi connectivity index (χ1n) is 6.84. The van der Waals surface area contributed by atoms with E-state index in [0.717, 1.165) is 19.4 Å². The second-order valence-electron chi connectivity index (χ2n) is 4.72. The number of carboxylic acid groups (broad SMARTS) is 1. The van der Waals surface area contributed by atoms with E-state index in [0.29, 0.717) is 0 Å². The Morgan fingerprint density at radius 1 is 0.950 bits per heavy atom. The minimum absolute atomic E-state index is 0.269. The molecular formula is C17H19NO2. The van der Waals surface area contributed by atoms with Gasteiger partial charge >= 0.3 is 5.97 Å². The lowest BCUT2D eigenvalue weighted by molar-refractivity contribution is -0.139. The van der Waals surface area contributed by atoms with Gasteiger partial charge in [-0.15, -0.1) is 0 Å². The number of hydrogen-bond acceptors (Lipinski definition) is 2. The van der Waals surface area contributed by atoms with Gasteiger partial charge in [-0.3, -0.25) is 4.79 Å². The highest BCUT2D eigenvalue weighted by molar-refractivity contribution is 5.73. The summed E-state index contributed by atoms with van der Waals surface area (Å²) >= 11 is 0. The molecule has 3 heteroatoms. The molecule has 2 N–H and O–H groups in total. The standard InChI is InChI=1S/C12H10.C5H9NO2/c1-3-7-11(8-4-1)12-9-5-2-6-10-12;7-5(8)4-2-1-3-6-4/h1-10H;4,6H,1-3H2,(H,7,8). The molecule has 2 aromatic carbocycles. The van der Waals surface area contributed by atoms with Crippen molar-refractivity contribution in [2.24, 2.45) is 0 Å². The molecule has 2 aromatic rings. The summed E-state index contributed by atoms with van der Waals surface area (Å²) in [5.74, 6) is -0.720. The predicted molar refractivity (Wildman–Crippen MR) is 80.5 cm³/mol. The summed E-state index contributed by atoms with van der Waals surface area (Å²) in [4.78, 5) is 10.1. The Hall–Kier alpha value is -2.13. The van der Waals surface area contributed by atoms with E-state index >= 15 is 0 Å². The van der Waals surface area contributed by atoms with Crippen LogP contribution in [0, 0.1) is 0 Å². The van der Waals surface area contributed by atoms with Crippen LogP contribution in [-0.4, -0.2) is 23.7 Å². The molecule has 0 radical (unpaired) electrons. The Morgan fingerprint density at radius 2 is 1.45 bits per heavy atom. The molecule has 20 heavy (non-hydrogen) atoms. The Bertz CT molecular complexity index is 482. The summed E-state index contributed by atoms with van der Waals surface area (Å²) in [6, 6.07) is 20.5. The third-order valence-electron chi connectivity index (χ3n) is 3.24. The summed E-state index contributed by atoms with van der Waals surface area (Å²) in [5, 5.41) is 11.2. The number of carboxylic acids is 1. The fourth-order valence-electron chi connectivity index (χ4n) is 2.16. The zero-order chi connectivity index (χ0) is 14.2. The van der Waals surface area contributed by atoms with Gasteiger partial charge in [0, 0.05) is 0 Å². The van der Waals surface area contributed by atoms with Gasteiger partial charge in [-0.25, -0.2) is 0 Å². The fourth-order valence-corrected chi connectivity index (χ4v) is 2.16. The monoisotopic (exact) mass is 269 g/mol. The van der Waals surface area contributed by atoms with Crippen molar-refractivity contribution in [3.05, 3.63) is 60.7 Å². The van der Waals surface area contributed by atoms with Crippen LogP contribution in [0.15, 0.2) is 60.7 Å². The highest BCUT2D eigenvalue weighted by atomic mass is 16.4. The van der Waals surface area contributed by atoms with Crippen molar-refractivity contribution in [2.75, 3.05) is 6.54 Å². The average molecular weight is 269 g/mol. The van der Waals surface area contributed by atoms with E-state index in [1.54, 1.807) is 0 Å². The highest BCUT2D eigenvalue weighted by Crippen LogP contribution is 2.17. The molecule has 1 aliphatic rings. The van der Waals surface area contributed by atoms with Crippen molar-refractivity contribution >= 4 is 5.97 Å². The van der Waals surface area contributed by atoms with E-state index in [-0.39, 0.29) is 6.04 Å². The summed E-state index contributed by atoms with van der Waals surface area (Å²) < 4.78 is 0. The van der Waals surface area contributed by atoms with E-state index in [1.165, 1.54) is 11.1 Å². The summed E-state index contributed by atoms with van der Waals surface area (Å²) in [6.45, 7) is 0.858. The zero-order valence-electron chi connectivity index (χ0n) is 11.3. The van der Waals surface area contributed by atoms with Gasteiger partial charge in [0.1, 0.15) is 6.04 Å². The molecule has 0 saturated carbocycles. The second kappa shape index (κ2) is 7.46. The van der Waals surface area contributed by atoms with E-state index in [1.807, 2.05) is 12.1 Å². The first kappa shape index (κ1) is 14.3. The van der Waals surface area contributed by atoms with Crippen molar-refractivity contribution in [1.82, 2.24) is 5.32 Å². The minimum atomic E-state index is -0.720. The predicted octanol–water partition coefficient (Wildman–Crippen LogP) is 3.18. The van der Waals surface area contributed by atoms with Crippen molar-refractivity contribution in [2.45, 2.75) is 18.9 Å². The molecule has 0 amide bonds. The molecule has 0 spiro atoms. The molecule has 1 fully saturated rings. The number of carbonyl (C=O) groups is 1. The Kier molecular flexibility index (Phi) is 5.33. The van der Waals surface area contributed by atoms with Gasteiger partial charge in [-0.1, -0.05) is 60.7 Å². The average Bonchev–Trinajstić information content (AvgIpc) is 3.04. The van der Waals surface area contributed by atoms with Crippen LogP contribution in [0.4, 0.5) is 0 Å². The number of benzene rings is 2. The van der Waals surface area contributed by atoms with Crippen LogP contribution in [0.1, 0.15) is 12.8 Å². The quantitative estimate of drug-likeness (QED) is 0.880. The number of rotatable bonds is 2. The molecule has 0 aliphatic carbocycles. The lowest BCUT2D eigenvalue weighted by atomic mass is 10.1. The van der Waals surface area contributed by atoms with Crippen molar-refractivity contribution in [3.8, 4) is 11.1 Å². The Morgan fingerprint density at radius 3 is 1.75 bits per heavy atom. The first-order chi connectivity index (χ1) is 9.77. The topological polar surface area (TPSA) is 49.3 Å². The smallest absolute Gasteiger partial charge is 0.320 e. The van der Waals surface area contributed by atoms with Crippen molar-refractivity contribution < 1.29 is 9.90 Å². The van der Waals surface area contributed by atoms with Crippen LogP contribution >= 0.6 is 0 Å². The molecule has 3 rings (SSSR count). The molecule has 1 unspecified atom stereocenters. The third-order valence-corrected chi connectivity index (χ3v) is 3.24. The minimum Gasteiger partial charge on any atom is -0.480 e. The largest absolute Gasteiger partial charge is 0.480 e. The molecule has 104 valence electrons. The Labute approximate surface area is 119 Å². The van der Waals surface area contributed by atoms with E-state index in [2.05, 4.69) is 53.8 Å². The van der Waals surface area contributed by atoms with Gasteiger partial charge < -0.3 is 10.4 Å². The first-order valence-corrected chi connectivity index (χ1v) is 6.84. The maximum Gasteiger partial charge on any atom is 0.320 e. The van der Waals surface area contributed by atoms with E-state index in [4.69, 9.17) is 5.11 Å². The molecule has 1 saturated heterocycles. The molecular weight excluding hydrogens is 250 g/mol. The van der Waals surface area contributed by atoms with Gasteiger partial charge in [0.05, 0.1) is 0 Å². The van der Waals surface area contributed by atoms with Gasteiger partial charge in [-0.2, -0.15) is 0 Å². The lowest BCUT2D eigenvalue weighted by Gasteiger charge is -1.99. The van der Waals surface area contributed by atoms with Gasteiger partial charge in [0.15, 0.2) is 0 Å². The molecule has 1 atom stereocenters. The maximum atomic E-state index is 10.1. The van der Waals surface area contributed by atoms with Crippen molar-refractivity contribution in [1.29, 1.82) is 0 Å². The lowest BCUT2D eigenvalue weighted by Crippen LogP contribution is -2.29. The van der Waals surface area contributed by atoms with Crippen LogP contribution < -0.4 is 5.32 Å². The SMILES string of the molecule is O=C(O)C1CCCN1.c1ccc(-c2ccccc2)cc1. The molecule has 0 aromatic heterocycles. The molecule has 3 nitrogen and oxygen atoms in total. The third kappa shape index (κ3) is 4.21. The summed E-state index contributed by atoms with van der Waals surface area (Å²) in [7, 11) is 0. The number of nitrogens with one attached hydrogen (secondary N) is 1. The van der Waals surface area contributed by atoms with Crippen LogP contribution in [0.3, 0.4) is 0 Å². The molecule has 1 aliphatic heterocycles. The van der Waals surface area contributed by atoms with Crippen LogP contribution in [0.5, 0.6) is 0 Å². The van der Waals surface area contributed by atoms with Gasteiger partial charge in [0.25, 0.3) is 0 Å². The number of hydrogen-bond donors (Lipinski definition) is 2. The number of aliphatic carboxylic acids is 1. The van der Waals surface area contributed by atoms with Gasteiger partial charge in [-0.05, 0) is 30.5 Å².